The van der Waals surface area contributed by atoms with Crippen LogP contribution in [0.4, 0.5) is 0 Å². The molecule has 1 aromatic rings. The molecule has 88 valence electrons. The van der Waals surface area contributed by atoms with Crippen molar-refractivity contribution in [3.05, 3.63) is 12.2 Å². The first-order valence-electron chi connectivity index (χ1n) is 5.41. The van der Waals surface area contributed by atoms with Gasteiger partial charge in [0.15, 0.2) is 6.04 Å². The van der Waals surface area contributed by atoms with Crippen LogP contribution in [0.25, 0.3) is 0 Å². The quantitative estimate of drug-likeness (QED) is 0.781. The summed E-state index contributed by atoms with van der Waals surface area (Å²) in [6, 6.07) is -0.995. The molecule has 1 fully saturated rings. The van der Waals surface area contributed by atoms with Gasteiger partial charge in [0.1, 0.15) is 12.2 Å². The van der Waals surface area contributed by atoms with Crippen LogP contribution in [-0.2, 0) is 4.79 Å². The van der Waals surface area contributed by atoms with Crippen molar-refractivity contribution in [3.63, 3.8) is 0 Å². The van der Waals surface area contributed by atoms with Crippen molar-refractivity contribution in [1.82, 2.24) is 14.8 Å². The first-order valence-corrected chi connectivity index (χ1v) is 5.41. The molecule has 2 unspecified atom stereocenters. The van der Waals surface area contributed by atoms with Gasteiger partial charge < -0.3 is 14.8 Å². The average molecular weight is 225 g/mol. The number of aliphatic hydroxyl groups excluding tert-OH is 1. The number of hydrogen-bond donors (Lipinski definition) is 2. The molecular formula is C10H15N3O3. The lowest BCUT2D eigenvalue weighted by Crippen LogP contribution is -2.31. The number of carboxylic acids is 1. The zero-order valence-electron chi connectivity index (χ0n) is 9.08. The largest absolute Gasteiger partial charge is 0.480 e. The lowest BCUT2D eigenvalue weighted by molar-refractivity contribution is -0.144. The van der Waals surface area contributed by atoms with Crippen LogP contribution in [0, 0.1) is 0 Å². The Kier molecular flexibility index (Phi) is 2.91. The third kappa shape index (κ3) is 1.80. The Morgan fingerprint density at radius 1 is 1.62 bits per heavy atom. The molecule has 2 N–H and O–H groups in total. The number of hydrogen-bond acceptors (Lipinski definition) is 4. The van der Waals surface area contributed by atoms with E-state index >= 15 is 0 Å². The molecule has 1 saturated carbocycles. The first kappa shape index (κ1) is 11.1. The highest BCUT2D eigenvalue weighted by atomic mass is 16.4. The summed E-state index contributed by atoms with van der Waals surface area (Å²) in [7, 11) is 0. The van der Waals surface area contributed by atoms with Crippen LogP contribution < -0.4 is 0 Å². The topological polar surface area (TPSA) is 88.2 Å². The fraction of sp³-hybridized carbons (Fsp3) is 0.700. The van der Waals surface area contributed by atoms with Crippen molar-refractivity contribution in [3.8, 4) is 0 Å². The lowest BCUT2D eigenvalue weighted by atomic mass is 9.84. The summed E-state index contributed by atoms with van der Waals surface area (Å²) in [6.45, 7) is 1.46. The minimum atomic E-state index is -1.06. The lowest BCUT2D eigenvalue weighted by Gasteiger charge is -2.27. The van der Waals surface area contributed by atoms with Gasteiger partial charge in [-0.05, 0) is 19.8 Å². The van der Waals surface area contributed by atoms with E-state index in [2.05, 4.69) is 10.2 Å². The maximum absolute atomic E-state index is 11.1. The molecule has 1 aliphatic rings. The number of carboxylic acid groups (broad SMARTS) is 1. The van der Waals surface area contributed by atoms with Crippen LogP contribution >= 0.6 is 0 Å². The molecule has 0 amide bonds. The summed E-state index contributed by atoms with van der Waals surface area (Å²) >= 11 is 0. The third-order valence-electron chi connectivity index (χ3n) is 3.08. The van der Waals surface area contributed by atoms with E-state index < -0.39 is 18.1 Å². The van der Waals surface area contributed by atoms with E-state index in [-0.39, 0.29) is 0 Å². The zero-order chi connectivity index (χ0) is 11.7. The van der Waals surface area contributed by atoms with Crippen molar-refractivity contribution in [2.24, 2.45) is 0 Å². The van der Waals surface area contributed by atoms with Crippen LogP contribution in [0.3, 0.4) is 0 Å². The van der Waals surface area contributed by atoms with Crippen LogP contribution in [0.5, 0.6) is 0 Å². The fourth-order valence-electron chi connectivity index (χ4n) is 1.98. The van der Waals surface area contributed by atoms with E-state index in [1.807, 2.05) is 0 Å². The van der Waals surface area contributed by atoms with Gasteiger partial charge in [-0.1, -0.05) is 6.42 Å². The van der Waals surface area contributed by atoms with E-state index in [9.17, 15) is 9.90 Å². The smallest absolute Gasteiger partial charge is 0.329 e. The minimum Gasteiger partial charge on any atom is -0.480 e. The molecule has 2 rings (SSSR count). The SMILES string of the molecule is CC(O)C(C(=O)O)n1cnnc1C1CCC1. The second kappa shape index (κ2) is 4.21. The number of aliphatic hydroxyl groups is 1. The molecule has 1 aliphatic carbocycles. The van der Waals surface area contributed by atoms with Gasteiger partial charge in [0, 0.05) is 5.92 Å². The summed E-state index contributed by atoms with van der Waals surface area (Å²) in [5, 5.41) is 26.3. The van der Waals surface area contributed by atoms with Gasteiger partial charge in [-0.25, -0.2) is 4.79 Å². The molecular weight excluding hydrogens is 210 g/mol. The summed E-state index contributed by atoms with van der Waals surface area (Å²) in [6.07, 6.45) is 3.60. The Bertz CT molecular complexity index is 384. The van der Waals surface area contributed by atoms with Crippen molar-refractivity contribution in [1.29, 1.82) is 0 Å². The van der Waals surface area contributed by atoms with Crippen molar-refractivity contribution in [2.75, 3.05) is 0 Å². The monoisotopic (exact) mass is 225 g/mol. The van der Waals surface area contributed by atoms with Gasteiger partial charge in [0.05, 0.1) is 6.10 Å². The standard InChI is InChI=1S/C10H15N3O3/c1-6(14)8(10(15)16)13-5-11-12-9(13)7-3-2-4-7/h5-8,14H,2-4H2,1H3,(H,15,16). The zero-order valence-corrected chi connectivity index (χ0v) is 9.08. The number of aromatic nitrogens is 3. The number of rotatable bonds is 4. The van der Waals surface area contributed by atoms with Gasteiger partial charge in [0.2, 0.25) is 0 Å². The van der Waals surface area contributed by atoms with Crippen LogP contribution in [-0.4, -0.2) is 37.1 Å². The van der Waals surface area contributed by atoms with E-state index in [0.717, 1.165) is 19.3 Å². The highest BCUT2D eigenvalue weighted by molar-refractivity contribution is 5.72. The van der Waals surface area contributed by atoms with Gasteiger partial charge in [0.25, 0.3) is 0 Å². The molecule has 16 heavy (non-hydrogen) atoms. The van der Waals surface area contributed by atoms with Crippen molar-refractivity contribution in [2.45, 2.75) is 44.2 Å². The maximum Gasteiger partial charge on any atom is 0.329 e. The fourth-order valence-corrected chi connectivity index (χ4v) is 1.98. The van der Waals surface area contributed by atoms with Gasteiger partial charge in [-0.3, -0.25) is 0 Å². The molecule has 0 bridgehead atoms. The van der Waals surface area contributed by atoms with Crippen molar-refractivity contribution < 1.29 is 15.0 Å². The summed E-state index contributed by atoms with van der Waals surface area (Å²) < 4.78 is 1.48. The van der Waals surface area contributed by atoms with E-state index in [1.54, 1.807) is 0 Å². The normalized spacial score (nSPS) is 20.1. The summed E-state index contributed by atoms with van der Waals surface area (Å²) in [5.41, 5.74) is 0. The molecule has 1 heterocycles. The van der Waals surface area contributed by atoms with E-state index in [0.29, 0.717) is 11.7 Å². The highest BCUT2D eigenvalue weighted by Crippen LogP contribution is 2.36. The van der Waals surface area contributed by atoms with Crippen LogP contribution in [0.15, 0.2) is 6.33 Å². The second-order valence-electron chi connectivity index (χ2n) is 4.25. The van der Waals surface area contributed by atoms with E-state index in [4.69, 9.17) is 5.11 Å². The Hall–Kier alpha value is -1.43. The van der Waals surface area contributed by atoms with Crippen molar-refractivity contribution >= 4 is 5.97 Å². The molecule has 2 atom stereocenters. The molecule has 1 aromatic heterocycles. The third-order valence-corrected chi connectivity index (χ3v) is 3.08. The number of carbonyl (C=O) groups is 1. The summed E-state index contributed by atoms with van der Waals surface area (Å²) in [5.74, 6) is -0.0852. The molecule has 0 radical (unpaired) electrons. The molecule has 6 heteroatoms. The number of aliphatic carboxylic acids is 1. The maximum atomic E-state index is 11.1. The van der Waals surface area contributed by atoms with Gasteiger partial charge in [-0.2, -0.15) is 0 Å². The Labute approximate surface area is 92.9 Å². The molecule has 6 nitrogen and oxygen atoms in total. The first-order chi connectivity index (χ1) is 7.61. The predicted molar refractivity (Wildman–Crippen MR) is 55.0 cm³/mol. The molecule has 0 aliphatic heterocycles. The minimum absolute atomic E-state index is 0.295. The Morgan fingerprint density at radius 2 is 2.31 bits per heavy atom. The van der Waals surface area contributed by atoms with Gasteiger partial charge in [-0.15, -0.1) is 10.2 Å². The van der Waals surface area contributed by atoms with Gasteiger partial charge >= 0.3 is 5.97 Å². The Balaban J connectivity index is 2.30. The molecule has 0 aromatic carbocycles. The number of nitrogens with zero attached hydrogens (tertiary/aromatic N) is 3. The van der Waals surface area contributed by atoms with Crippen LogP contribution in [0.2, 0.25) is 0 Å². The van der Waals surface area contributed by atoms with E-state index in [1.165, 1.54) is 17.8 Å². The second-order valence-corrected chi connectivity index (χ2v) is 4.25. The predicted octanol–water partition coefficient (Wildman–Crippen LogP) is 0.552. The molecule has 0 spiro atoms. The highest BCUT2D eigenvalue weighted by Gasteiger charge is 2.32. The summed E-state index contributed by atoms with van der Waals surface area (Å²) in [4.78, 5) is 11.1. The average Bonchev–Trinajstić information content (AvgIpc) is 2.49. The van der Waals surface area contributed by atoms with Crippen LogP contribution in [0.1, 0.15) is 44.0 Å². The Morgan fingerprint density at radius 3 is 2.75 bits per heavy atom. The molecule has 0 saturated heterocycles.